The summed E-state index contributed by atoms with van der Waals surface area (Å²) in [6, 6.07) is -4.90. The van der Waals surface area contributed by atoms with E-state index in [1.54, 1.807) is 13.8 Å². The normalized spacial score (nSPS) is 15.1. The van der Waals surface area contributed by atoms with Crippen molar-refractivity contribution in [1.82, 2.24) is 16.0 Å². The Bertz CT molecular complexity index is 595. The molecule has 12 nitrogen and oxygen atoms in total. The first-order valence-corrected chi connectivity index (χ1v) is 8.62. The van der Waals surface area contributed by atoms with Gasteiger partial charge in [0.15, 0.2) is 0 Å². The zero-order chi connectivity index (χ0) is 22.0. The van der Waals surface area contributed by atoms with Gasteiger partial charge in [-0.25, -0.2) is 4.79 Å². The minimum Gasteiger partial charge on any atom is -0.481 e. The maximum atomic E-state index is 12.1. The highest BCUT2D eigenvalue weighted by molar-refractivity contribution is 5.94. The predicted molar refractivity (Wildman–Crippen MR) is 95.9 cm³/mol. The van der Waals surface area contributed by atoms with E-state index in [1.165, 1.54) is 6.92 Å². The van der Waals surface area contributed by atoms with Crippen LogP contribution in [-0.4, -0.2) is 75.8 Å². The van der Waals surface area contributed by atoms with Gasteiger partial charge in [-0.1, -0.05) is 13.8 Å². The van der Waals surface area contributed by atoms with Crippen molar-refractivity contribution in [2.75, 3.05) is 6.61 Å². The van der Waals surface area contributed by atoms with E-state index in [2.05, 4.69) is 16.0 Å². The molecule has 0 rings (SSSR count). The molecule has 0 aromatic carbocycles. The molecule has 0 heterocycles. The van der Waals surface area contributed by atoms with Crippen LogP contribution in [0.5, 0.6) is 0 Å². The molecule has 4 unspecified atom stereocenters. The van der Waals surface area contributed by atoms with Crippen molar-refractivity contribution in [3.63, 3.8) is 0 Å². The molecule has 0 spiro atoms. The first-order chi connectivity index (χ1) is 12.9. The Balaban J connectivity index is 4.77. The molecule has 12 heteroatoms. The minimum atomic E-state index is -1.42. The number of carboxylic acid groups (broad SMARTS) is 2. The fourth-order valence-electron chi connectivity index (χ4n) is 2.05. The van der Waals surface area contributed by atoms with Gasteiger partial charge in [0.25, 0.3) is 0 Å². The number of nitrogens with one attached hydrogen (secondary N) is 3. The molecule has 0 aromatic heterocycles. The topological polar surface area (TPSA) is 208 Å². The average Bonchev–Trinajstić information content (AvgIpc) is 2.60. The summed E-state index contributed by atoms with van der Waals surface area (Å²) in [5, 5.41) is 33.7. The highest BCUT2D eigenvalue weighted by atomic mass is 16.4. The van der Waals surface area contributed by atoms with Gasteiger partial charge in [-0.2, -0.15) is 0 Å². The molecule has 0 aliphatic heterocycles. The van der Waals surface area contributed by atoms with Crippen LogP contribution in [-0.2, 0) is 24.0 Å². The molecule has 0 bridgehead atoms. The first-order valence-electron chi connectivity index (χ1n) is 8.62. The van der Waals surface area contributed by atoms with Crippen LogP contribution >= 0.6 is 0 Å². The molecular weight excluding hydrogens is 376 g/mol. The van der Waals surface area contributed by atoms with Crippen LogP contribution in [0.25, 0.3) is 0 Å². The second-order valence-corrected chi connectivity index (χ2v) is 6.58. The van der Waals surface area contributed by atoms with Crippen molar-refractivity contribution in [3.05, 3.63) is 0 Å². The summed E-state index contributed by atoms with van der Waals surface area (Å²) in [5.74, 6) is -5.27. The zero-order valence-electron chi connectivity index (χ0n) is 16.0. The van der Waals surface area contributed by atoms with Crippen LogP contribution in [0.4, 0.5) is 0 Å². The van der Waals surface area contributed by atoms with E-state index in [0.29, 0.717) is 0 Å². The van der Waals surface area contributed by atoms with E-state index in [-0.39, 0.29) is 12.8 Å². The van der Waals surface area contributed by atoms with Crippen LogP contribution < -0.4 is 21.7 Å². The Hall–Kier alpha value is -2.73. The van der Waals surface area contributed by atoms with E-state index in [9.17, 15) is 29.1 Å². The van der Waals surface area contributed by atoms with Gasteiger partial charge in [-0.3, -0.25) is 19.2 Å². The summed E-state index contributed by atoms with van der Waals surface area (Å²) >= 11 is 0. The minimum absolute atomic E-state index is 0.122. The summed E-state index contributed by atoms with van der Waals surface area (Å²) in [6.07, 6.45) is -0.439. The molecule has 8 N–H and O–H groups in total. The van der Waals surface area contributed by atoms with Crippen LogP contribution in [0.3, 0.4) is 0 Å². The van der Waals surface area contributed by atoms with Crippen LogP contribution in [0, 0.1) is 5.92 Å². The second-order valence-electron chi connectivity index (χ2n) is 6.58. The Kier molecular flexibility index (Phi) is 10.7. The van der Waals surface area contributed by atoms with Crippen LogP contribution in [0.1, 0.15) is 33.6 Å². The van der Waals surface area contributed by atoms with Crippen LogP contribution in [0.2, 0.25) is 0 Å². The lowest BCUT2D eigenvalue weighted by molar-refractivity contribution is -0.144. The molecule has 0 aliphatic carbocycles. The van der Waals surface area contributed by atoms with E-state index < -0.39 is 66.4 Å². The van der Waals surface area contributed by atoms with Crippen molar-refractivity contribution >= 4 is 29.7 Å². The zero-order valence-corrected chi connectivity index (χ0v) is 16.0. The van der Waals surface area contributed by atoms with E-state index >= 15 is 0 Å². The second kappa shape index (κ2) is 11.9. The third-order valence-electron chi connectivity index (χ3n) is 3.80. The van der Waals surface area contributed by atoms with Gasteiger partial charge in [-0.05, 0) is 19.3 Å². The largest absolute Gasteiger partial charge is 0.481 e. The summed E-state index contributed by atoms with van der Waals surface area (Å²) < 4.78 is 0. The van der Waals surface area contributed by atoms with Gasteiger partial charge in [0.2, 0.25) is 17.7 Å². The van der Waals surface area contributed by atoms with Crippen molar-refractivity contribution in [1.29, 1.82) is 0 Å². The van der Waals surface area contributed by atoms with Crippen molar-refractivity contribution in [2.45, 2.75) is 57.8 Å². The fourth-order valence-corrected chi connectivity index (χ4v) is 2.05. The number of hydrogen-bond acceptors (Lipinski definition) is 7. The van der Waals surface area contributed by atoms with Gasteiger partial charge in [0.1, 0.15) is 18.1 Å². The van der Waals surface area contributed by atoms with E-state index in [0.717, 1.165) is 0 Å². The molecule has 0 aromatic rings. The monoisotopic (exact) mass is 404 g/mol. The number of aliphatic carboxylic acids is 2. The summed E-state index contributed by atoms with van der Waals surface area (Å²) in [4.78, 5) is 57.7. The number of hydrogen-bond donors (Lipinski definition) is 7. The predicted octanol–water partition coefficient (Wildman–Crippen LogP) is -2.61. The van der Waals surface area contributed by atoms with Crippen molar-refractivity contribution < 1.29 is 39.3 Å². The highest BCUT2D eigenvalue weighted by Gasteiger charge is 2.29. The molecule has 0 saturated carbocycles. The number of rotatable bonds is 12. The van der Waals surface area contributed by atoms with Gasteiger partial charge in [0, 0.05) is 6.42 Å². The quantitative estimate of drug-likeness (QED) is 0.181. The first kappa shape index (κ1) is 25.3. The summed E-state index contributed by atoms with van der Waals surface area (Å²) in [6.45, 7) is 3.67. The molecule has 0 radical (unpaired) electrons. The van der Waals surface area contributed by atoms with Gasteiger partial charge in [0.05, 0.1) is 12.6 Å². The van der Waals surface area contributed by atoms with Crippen molar-refractivity contribution in [2.24, 2.45) is 11.7 Å². The lowest BCUT2D eigenvalue weighted by Crippen LogP contribution is -2.58. The van der Waals surface area contributed by atoms with E-state index in [4.69, 9.17) is 15.9 Å². The highest BCUT2D eigenvalue weighted by Crippen LogP contribution is 2.02. The maximum Gasteiger partial charge on any atom is 0.326 e. The molecular formula is C16H28N4O8. The Morgan fingerprint density at radius 2 is 1.46 bits per heavy atom. The standard InChI is InChI=1S/C16H28N4O8/c1-7(2)12(16(27)28)20-15(26)10(6-21)19-13(24)8(3)18-14(25)9(17)4-5-11(22)23/h7-10,12,21H,4-6,17H2,1-3H3,(H,18,25)(H,19,24)(H,20,26)(H,22,23)(H,27,28). The SMILES string of the molecule is CC(NC(=O)C(N)CCC(=O)O)C(=O)NC(CO)C(=O)NC(C(=O)O)C(C)C. The number of nitrogens with two attached hydrogens (primary N) is 1. The van der Waals surface area contributed by atoms with Gasteiger partial charge in [-0.15, -0.1) is 0 Å². The number of carbonyl (C=O) groups is 5. The molecule has 0 saturated heterocycles. The van der Waals surface area contributed by atoms with Gasteiger partial charge >= 0.3 is 11.9 Å². The number of amides is 3. The van der Waals surface area contributed by atoms with E-state index in [1.807, 2.05) is 0 Å². The maximum absolute atomic E-state index is 12.1. The van der Waals surface area contributed by atoms with Gasteiger partial charge < -0.3 is 37.0 Å². The Morgan fingerprint density at radius 1 is 0.893 bits per heavy atom. The molecule has 0 fully saturated rings. The molecule has 160 valence electrons. The molecule has 0 aliphatic rings. The van der Waals surface area contributed by atoms with Crippen molar-refractivity contribution in [3.8, 4) is 0 Å². The number of aliphatic hydroxyl groups excluding tert-OH is 1. The number of carboxylic acids is 2. The summed E-state index contributed by atoms with van der Waals surface area (Å²) in [5.41, 5.74) is 5.53. The summed E-state index contributed by atoms with van der Waals surface area (Å²) in [7, 11) is 0. The smallest absolute Gasteiger partial charge is 0.326 e. The lowest BCUT2D eigenvalue weighted by atomic mass is 10.0. The number of aliphatic hydroxyl groups is 1. The molecule has 3 amide bonds. The molecule has 4 atom stereocenters. The third kappa shape index (κ3) is 8.77. The third-order valence-corrected chi connectivity index (χ3v) is 3.80. The molecule has 28 heavy (non-hydrogen) atoms. The lowest BCUT2D eigenvalue weighted by Gasteiger charge is -2.23. The Morgan fingerprint density at radius 3 is 1.89 bits per heavy atom. The fraction of sp³-hybridized carbons (Fsp3) is 0.688. The number of carbonyl (C=O) groups excluding carboxylic acids is 3. The average molecular weight is 404 g/mol. The Labute approximate surface area is 161 Å². The van der Waals surface area contributed by atoms with Crippen LogP contribution in [0.15, 0.2) is 0 Å².